The Morgan fingerprint density at radius 3 is 1.95 bits per heavy atom. The van der Waals surface area contributed by atoms with E-state index in [2.05, 4.69) is 19.1 Å². The number of ether oxygens (including phenoxy) is 1. The van der Waals surface area contributed by atoms with Crippen LogP contribution >= 0.6 is 0 Å². The molecule has 110 valence electrons. The molecule has 3 N–H and O–H groups in total. The van der Waals surface area contributed by atoms with Crippen LogP contribution in [0.1, 0.15) is 34.1 Å². The molecule has 0 saturated carbocycles. The van der Waals surface area contributed by atoms with E-state index in [1.807, 2.05) is 31.2 Å². The van der Waals surface area contributed by atoms with Gasteiger partial charge in [0, 0.05) is 23.0 Å². The number of hydrogen-bond donors (Lipinski definition) is 2. The molecule has 2 atom stereocenters. The van der Waals surface area contributed by atoms with Gasteiger partial charge in [0.15, 0.2) is 0 Å². The van der Waals surface area contributed by atoms with Crippen molar-refractivity contribution in [3.63, 3.8) is 0 Å². The molecule has 0 amide bonds. The van der Waals surface area contributed by atoms with Crippen LogP contribution < -0.4 is 10.5 Å². The predicted molar refractivity (Wildman–Crippen MR) is 84.1 cm³/mol. The Bertz CT molecular complexity index is 609. The number of benzene rings is 2. The highest BCUT2D eigenvalue weighted by Gasteiger charge is 2.31. The molecule has 0 bridgehead atoms. The zero-order chi connectivity index (χ0) is 15.0. The topological polar surface area (TPSA) is 55.5 Å². The summed E-state index contributed by atoms with van der Waals surface area (Å²) >= 11 is 0. The molecule has 3 rings (SSSR count). The number of aryl methyl sites for hydroxylation is 2. The van der Waals surface area contributed by atoms with Crippen molar-refractivity contribution in [2.45, 2.75) is 25.7 Å². The van der Waals surface area contributed by atoms with Crippen LogP contribution in [0.15, 0.2) is 36.4 Å². The van der Waals surface area contributed by atoms with E-state index < -0.39 is 0 Å². The smallest absolute Gasteiger partial charge is 0.131 e. The van der Waals surface area contributed by atoms with Gasteiger partial charge in [-0.2, -0.15) is 0 Å². The van der Waals surface area contributed by atoms with E-state index in [4.69, 9.17) is 10.5 Å². The van der Waals surface area contributed by atoms with Gasteiger partial charge in [-0.1, -0.05) is 35.4 Å². The van der Waals surface area contributed by atoms with Gasteiger partial charge in [-0.25, -0.2) is 0 Å². The first-order valence-electron chi connectivity index (χ1n) is 7.34. The Hall–Kier alpha value is -1.84. The maximum absolute atomic E-state index is 9.94. The Kier molecular flexibility index (Phi) is 3.70. The summed E-state index contributed by atoms with van der Waals surface area (Å²) in [6.45, 7) is 4.66. The lowest BCUT2D eigenvalue weighted by Crippen LogP contribution is -2.22. The fourth-order valence-corrected chi connectivity index (χ4v) is 3.17. The van der Waals surface area contributed by atoms with Crippen molar-refractivity contribution in [1.82, 2.24) is 0 Å². The molecule has 0 spiro atoms. The van der Waals surface area contributed by atoms with Gasteiger partial charge in [0.05, 0.1) is 6.61 Å². The third-order valence-electron chi connectivity index (χ3n) is 4.29. The van der Waals surface area contributed by atoms with Crippen molar-refractivity contribution in [3.8, 4) is 11.5 Å². The van der Waals surface area contributed by atoms with Crippen LogP contribution in [-0.2, 0) is 0 Å². The molecular formula is C18H21NO2. The van der Waals surface area contributed by atoms with E-state index in [1.54, 1.807) is 0 Å². The highest BCUT2D eigenvalue weighted by Crippen LogP contribution is 2.46. The normalized spacial score (nSPS) is 20.2. The van der Waals surface area contributed by atoms with Crippen LogP contribution in [0.2, 0.25) is 0 Å². The summed E-state index contributed by atoms with van der Waals surface area (Å²) in [5, 5.41) is 9.94. The lowest BCUT2D eigenvalue weighted by atomic mass is 9.81. The standard InChI is InChI=1S/C18H21NO2/c1-11-3-5-17-13(7-11)15(9-19)16(10-20)14-8-12(2)4-6-18(14)21-17/h3-8,15-16,20H,9-10,19H2,1-2H3/t15-,16-/m1/s1. The fourth-order valence-electron chi connectivity index (χ4n) is 3.17. The van der Waals surface area contributed by atoms with Crippen molar-refractivity contribution >= 4 is 0 Å². The van der Waals surface area contributed by atoms with Gasteiger partial charge in [0.2, 0.25) is 0 Å². The van der Waals surface area contributed by atoms with E-state index in [0.717, 1.165) is 28.2 Å². The van der Waals surface area contributed by atoms with Crippen molar-refractivity contribution < 1.29 is 9.84 Å². The quantitative estimate of drug-likeness (QED) is 0.889. The number of fused-ring (bicyclic) bond motifs is 2. The lowest BCUT2D eigenvalue weighted by Gasteiger charge is -2.24. The Labute approximate surface area is 125 Å². The summed E-state index contributed by atoms with van der Waals surface area (Å²) in [7, 11) is 0. The van der Waals surface area contributed by atoms with Crippen LogP contribution in [0.5, 0.6) is 11.5 Å². The van der Waals surface area contributed by atoms with Crippen molar-refractivity contribution in [2.75, 3.05) is 13.2 Å². The van der Waals surface area contributed by atoms with Crippen LogP contribution in [-0.4, -0.2) is 18.3 Å². The van der Waals surface area contributed by atoms with Crippen molar-refractivity contribution in [1.29, 1.82) is 0 Å². The number of aliphatic hydroxyl groups is 1. The number of hydrogen-bond acceptors (Lipinski definition) is 3. The average Bonchev–Trinajstić information content (AvgIpc) is 2.60. The average molecular weight is 283 g/mol. The molecule has 1 heterocycles. The molecule has 0 unspecified atom stereocenters. The molecule has 3 nitrogen and oxygen atoms in total. The molecule has 0 radical (unpaired) electrons. The summed E-state index contributed by atoms with van der Waals surface area (Å²) in [5.74, 6) is 1.69. The molecule has 1 aliphatic heterocycles. The Balaban J connectivity index is 2.22. The monoisotopic (exact) mass is 283 g/mol. The van der Waals surface area contributed by atoms with E-state index in [-0.39, 0.29) is 18.4 Å². The molecule has 0 aromatic heterocycles. The zero-order valence-corrected chi connectivity index (χ0v) is 12.5. The minimum absolute atomic E-state index is 0.0343. The highest BCUT2D eigenvalue weighted by molar-refractivity contribution is 5.51. The Morgan fingerprint density at radius 2 is 1.48 bits per heavy atom. The zero-order valence-electron chi connectivity index (χ0n) is 12.5. The van der Waals surface area contributed by atoms with Crippen molar-refractivity contribution in [2.24, 2.45) is 5.73 Å². The minimum atomic E-state index is -0.0343. The maximum Gasteiger partial charge on any atom is 0.131 e. The van der Waals surface area contributed by atoms with Gasteiger partial charge in [0.25, 0.3) is 0 Å². The molecule has 3 heteroatoms. The summed E-state index contributed by atoms with van der Waals surface area (Å²) in [6, 6.07) is 12.3. The molecule has 1 aliphatic rings. The number of rotatable bonds is 2. The molecule has 0 aliphatic carbocycles. The minimum Gasteiger partial charge on any atom is -0.457 e. The summed E-state index contributed by atoms with van der Waals surface area (Å²) < 4.78 is 6.11. The summed E-state index contributed by atoms with van der Waals surface area (Å²) in [5.41, 5.74) is 10.5. The third-order valence-corrected chi connectivity index (χ3v) is 4.29. The largest absolute Gasteiger partial charge is 0.457 e. The van der Waals surface area contributed by atoms with Gasteiger partial charge >= 0.3 is 0 Å². The van der Waals surface area contributed by atoms with Gasteiger partial charge in [-0.15, -0.1) is 0 Å². The van der Waals surface area contributed by atoms with Gasteiger partial charge in [-0.05, 0) is 32.5 Å². The highest BCUT2D eigenvalue weighted by atomic mass is 16.5. The fraction of sp³-hybridized carbons (Fsp3) is 0.333. The lowest BCUT2D eigenvalue weighted by molar-refractivity contribution is 0.249. The SMILES string of the molecule is Cc1ccc2c(c1)[C@@H](CN)[C@H](CO)c1cc(C)ccc1O2. The molecule has 21 heavy (non-hydrogen) atoms. The van der Waals surface area contributed by atoms with Gasteiger partial charge < -0.3 is 15.6 Å². The molecular weight excluding hydrogens is 262 g/mol. The second-order valence-corrected chi connectivity index (χ2v) is 5.82. The second kappa shape index (κ2) is 5.51. The van der Waals surface area contributed by atoms with Crippen molar-refractivity contribution in [3.05, 3.63) is 58.7 Å². The predicted octanol–water partition coefficient (Wildman–Crippen LogP) is 3.23. The first-order chi connectivity index (χ1) is 10.1. The number of aliphatic hydroxyl groups excluding tert-OH is 1. The number of nitrogens with two attached hydrogens (primary N) is 1. The first-order valence-corrected chi connectivity index (χ1v) is 7.34. The van der Waals surface area contributed by atoms with Gasteiger partial charge in [-0.3, -0.25) is 0 Å². The molecule has 2 aromatic carbocycles. The van der Waals surface area contributed by atoms with E-state index >= 15 is 0 Å². The maximum atomic E-state index is 9.94. The summed E-state index contributed by atoms with van der Waals surface area (Å²) in [4.78, 5) is 0. The second-order valence-electron chi connectivity index (χ2n) is 5.82. The van der Waals surface area contributed by atoms with Gasteiger partial charge in [0.1, 0.15) is 11.5 Å². The van der Waals surface area contributed by atoms with E-state index in [1.165, 1.54) is 5.56 Å². The molecule has 2 aromatic rings. The van der Waals surface area contributed by atoms with Crippen LogP contribution in [0.3, 0.4) is 0 Å². The molecule has 0 saturated heterocycles. The molecule has 0 fully saturated rings. The summed E-state index contributed by atoms with van der Waals surface area (Å²) in [6.07, 6.45) is 0. The third kappa shape index (κ3) is 2.43. The van der Waals surface area contributed by atoms with Crippen LogP contribution in [0, 0.1) is 13.8 Å². The van der Waals surface area contributed by atoms with E-state index in [0.29, 0.717) is 6.54 Å². The first kappa shape index (κ1) is 14.1. The van der Waals surface area contributed by atoms with Crippen LogP contribution in [0.25, 0.3) is 0 Å². The van der Waals surface area contributed by atoms with E-state index in [9.17, 15) is 5.11 Å². The van der Waals surface area contributed by atoms with Crippen LogP contribution in [0.4, 0.5) is 0 Å². The Morgan fingerprint density at radius 1 is 0.952 bits per heavy atom.